The Labute approximate surface area is 88.0 Å². The Morgan fingerprint density at radius 2 is 2.07 bits per heavy atom. The zero-order chi connectivity index (χ0) is 11.5. The van der Waals surface area contributed by atoms with Crippen LogP contribution in [0.2, 0.25) is 0 Å². The first kappa shape index (κ1) is 12.1. The van der Waals surface area contributed by atoms with Crippen LogP contribution in [0.4, 0.5) is 8.78 Å². The van der Waals surface area contributed by atoms with E-state index in [0.29, 0.717) is 12.8 Å². The van der Waals surface area contributed by atoms with Crippen LogP contribution in [0.1, 0.15) is 33.1 Å². The second-order valence-electron chi connectivity index (χ2n) is 3.96. The zero-order valence-corrected chi connectivity index (χ0v) is 8.85. The van der Waals surface area contributed by atoms with Crippen LogP contribution < -0.4 is 0 Å². The fraction of sp³-hybridized carbons (Fsp3) is 0.727. The predicted molar refractivity (Wildman–Crippen MR) is 51.3 cm³/mol. The number of ketones is 1. The van der Waals surface area contributed by atoms with E-state index in [9.17, 15) is 13.6 Å². The van der Waals surface area contributed by atoms with Crippen LogP contribution in [0, 0.1) is 17.8 Å². The number of hydrogen-bond acceptors (Lipinski definition) is 2. The minimum Gasteiger partial charge on any atom is -0.306 e. The average molecular weight is 216 g/mol. The van der Waals surface area contributed by atoms with E-state index < -0.39 is 18.0 Å². The lowest BCUT2D eigenvalue weighted by Gasteiger charge is -2.27. The summed E-state index contributed by atoms with van der Waals surface area (Å²) in [7, 11) is 0. The molecule has 15 heavy (non-hydrogen) atoms. The second kappa shape index (κ2) is 4.71. The van der Waals surface area contributed by atoms with Crippen molar-refractivity contribution in [3.05, 3.63) is 0 Å². The number of hydrogen-bond donors (Lipinski definition) is 0. The van der Waals surface area contributed by atoms with Crippen molar-refractivity contribution in [2.75, 3.05) is 0 Å². The van der Waals surface area contributed by atoms with Gasteiger partial charge in [0.25, 0.3) is 0 Å². The van der Waals surface area contributed by atoms with Gasteiger partial charge in [-0.05, 0) is 25.2 Å². The van der Waals surface area contributed by atoms with Gasteiger partial charge in [-0.15, -0.1) is 0 Å². The van der Waals surface area contributed by atoms with E-state index in [1.54, 1.807) is 19.8 Å². The Hall–Kier alpha value is -0.950. The van der Waals surface area contributed by atoms with Crippen molar-refractivity contribution in [1.82, 2.24) is 0 Å². The van der Waals surface area contributed by atoms with Crippen molar-refractivity contribution in [1.29, 1.82) is 0 Å². The maximum absolute atomic E-state index is 13.0. The molecule has 0 aromatic carbocycles. The molecule has 0 spiro atoms. The summed E-state index contributed by atoms with van der Waals surface area (Å²) in [6.45, 7) is 3.23. The molecule has 0 aliphatic heterocycles. The maximum Gasteiger partial charge on any atom is 0.423 e. The summed E-state index contributed by atoms with van der Waals surface area (Å²) < 4.78 is 30.4. The first-order valence-corrected chi connectivity index (χ1v) is 5.03. The number of halogens is 2. The van der Waals surface area contributed by atoms with Gasteiger partial charge >= 0.3 is 6.11 Å². The molecule has 1 saturated carbocycles. The molecule has 84 valence electrons. The minimum atomic E-state index is -3.49. The summed E-state index contributed by atoms with van der Waals surface area (Å²) in [5, 5.41) is 0. The van der Waals surface area contributed by atoms with Crippen molar-refractivity contribution in [2.24, 2.45) is 5.92 Å². The molecule has 2 nitrogen and oxygen atoms in total. The standard InChI is InChI=1S/C11H14F2O2/c1-8(2)10(14)6-7-11(12,13)15-9-4-3-5-9/h8-9H,3-5H2,1-2H3. The van der Waals surface area contributed by atoms with Gasteiger partial charge < -0.3 is 4.74 Å². The molecule has 0 radical (unpaired) electrons. The van der Waals surface area contributed by atoms with Crippen LogP contribution in [0.25, 0.3) is 0 Å². The Morgan fingerprint density at radius 3 is 2.47 bits per heavy atom. The van der Waals surface area contributed by atoms with Gasteiger partial charge in [0.15, 0.2) is 0 Å². The summed E-state index contributed by atoms with van der Waals surface area (Å²) >= 11 is 0. The molecular formula is C11H14F2O2. The first-order chi connectivity index (χ1) is 6.91. The van der Waals surface area contributed by atoms with Gasteiger partial charge in [-0.25, -0.2) is 0 Å². The Kier molecular flexibility index (Phi) is 3.81. The number of carbonyl (C=O) groups excluding carboxylic acids is 1. The molecule has 0 bridgehead atoms. The summed E-state index contributed by atoms with van der Waals surface area (Å²) in [5.41, 5.74) is 0. The fourth-order valence-electron chi connectivity index (χ4n) is 1.01. The summed E-state index contributed by atoms with van der Waals surface area (Å²) in [4.78, 5) is 11.0. The number of rotatable bonds is 3. The smallest absolute Gasteiger partial charge is 0.306 e. The van der Waals surface area contributed by atoms with Crippen LogP contribution in [0.15, 0.2) is 0 Å². The SMILES string of the molecule is CC(C)C(=O)C#CC(F)(F)OC1CCC1. The molecule has 0 aromatic rings. The van der Waals surface area contributed by atoms with Crippen molar-refractivity contribution in [2.45, 2.75) is 45.3 Å². The zero-order valence-electron chi connectivity index (χ0n) is 8.85. The molecule has 0 saturated heterocycles. The molecule has 0 heterocycles. The van der Waals surface area contributed by atoms with E-state index in [1.807, 2.05) is 5.92 Å². The highest BCUT2D eigenvalue weighted by Crippen LogP contribution is 2.28. The number of Topliss-reactive ketones (excluding diaryl/α,β-unsaturated/α-hetero) is 1. The summed E-state index contributed by atoms with van der Waals surface area (Å²) in [5.74, 6) is 2.65. The van der Waals surface area contributed by atoms with Crippen LogP contribution in [-0.4, -0.2) is 18.0 Å². The van der Waals surface area contributed by atoms with E-state index in [1.165, 1.54) is 0 Å². The third-order valence-corrected chi connectivity index (χ3v) is 2.22. The van der Waals surface area contributed by atoms with Crippen LogP contribution >= 0.6 is 0 Å². The summed E-state index contributed by atoms with van der Waals surface area (Å²) in [6.07, 6.45) is -1.68. The van der Waals surface area contributed by atoms with Gasteiger partial charge in [0.1, 0.15) is 0 Å². The van der Waals surface area contributed by atoms with E-state index in [4.69, 9.17) is 0 Å². The third-order valence-electron chi connectivity index (χ3n) is 2.22. The molecule has 1 aliphatic carbocycles. The molecule has 4 heteroatoms. The van der Waals surface area contributed by atoms with Gasteiger partial charge in [-0.2, -0.15) is 8.78 Å². The third kappa shape index (κ3) is 3.96. The van der Waals surface area contributed by atoms with Crippen LogP contribution in [-0.2, 0) is 9.53 Å². The highest BCUT2D eigenvalue weighted by atomic mass is 19.3. The van der Waals surface area contributed by atoms with E-state index in [2.05, 4.69) is 4.74 Å². The lowest BCUT2D eigenvalue weighted by atomic mass is 9.96. The molecule has 0 unspecified atom stereocenters. The fourth-order valence-corrected chi connectivity index (χ4v) is 1.01. The molecular weight excluding hydrogens is 202 g/mol. The number of ether oxygens (including phenoxy) is 1. The number of alkyl halides is 2. The van der Waals surface area contributed by atoms with Gasteiger partial charge in [-0.1, -0.05) is 13.8 Å². The molecule has 0 aromatic heterocycles. The lowest BCUT2D eigenvalue weighted by molar-refractivity contribution is -0.234. The Bertz CT molecular complexity index is 295. The van der Waals surface area contributed by atoms with Crippen molar-refractivity contribution < 1.29 is 18.3 Å². The average Bonchev–Trinajstić information content (AvgIpc) is 2.08. The first-order valence-electron chi connectivity index (χ1n) is 5.03. The largest absolute Gasteiger partial charge is 0.423 e. The summed E-state index contributed by atoms with van der Waals surface area (Å²) in [6, 6.07) is 0. The van der Waals surface area contributed by atoms with E-state index in [-0.39, 0.29) is 5.92 Å². The van der Waals surface area contributed by atoms with Crippen LogP contribution in [0.3, 0.4) is 0 Å². The molecule has 1 aliphatic rings. The Balaban J connectivity index is 2.49. The molecule has 0 atom stereocenters. The maximum atomic E-state index is 13.0. The highest BCUT2D eigenvalue weighted by molar-refractivity contribution is 5.96. The minimum absolute atomic E-state index is 0.350. The lowest BCUT2D eigenvalue weighted by Crippen LogP contribution is -2.31. The van der Waals surface area contributed by atoms with Crippen LogP contribution in [0.5, 0.6) is 0 Å². The van der Waals surface area contributed by atoms with Gasteiger partial charge in [0, 0.05) is 11.8 Å². The van der Waals surface area contributed by atoms with Gasteiger partial charge in [-0.3, -0.25) is 4.79 Å². The number of carbonyl (C=O) groups is 1. The topological polar surface area (TPSA) is 26.3 Å². The van der Waals surface area contributed by atoms with Crippen molar-refractivity contribution >= 4 is 5.78 Å². The molecule has 0 N–H and O–H groups in total. The van der Waals surface area contributed by atoms with Gasteiger partial charge in [0.05, 0.1) is 6.10 Å². The molecule has 0 amide bonds. The normalized spacial score (nSPS) is 16.9. The van der Waals surface area contributed by atoms with Crippen molar-refractivity contribution in [3.63, 3.8) is 0 Å². The predicted octanol–water partition coefficient (Wildman–Crippen LogP) is 2.38. The molecule has 1 rings (SSSR count). The second-order valence-corrected chi connectivity index (χ2v) is 3.96. The van der Waals surface area contributed by atoms with Gasteiger partial charge in [0.2, 0.25) is 5.78 Å². The quantitative estimate of drug-likeness (QED) is 0.534. The van der Waals surface area contributed by atoms with Crippen molar-refractivity contribution in [3.8, 4) is 11.8 Å². The monoisotopic (exact) mass is 216 g/mol. The van der Waals surface area contributed by atoms with E-state index >= 15 is 0 Å². The van der Waals surface area contributed by atoms with E-state index in [0.717, 1.165) is 6.42 Å². The highest BCUT2D eigenvalue weighted by Gasteiger charge is 2.34. The Morgan fingerprint density at radius 1 is 1.47 bits per heavy atom. The molecule has 1 fully saturated rings.